The number of halogens is 1. The van der Waals surface area contributed by atoms with Crippen molar-refractivity contribution in [1.82, 2.24) is 9.88 Å². The number of amides is 1. The summed E-state index contributed by atoms with van der Waals surface area (Å²) in [5.74, 6) is 1.78. The van der Waals surface area contributed by atoms with Crippen molar-refractivity contribution in [3.05, 3.63) is 22.8 Å². The van der Waals surface area contributed by atoms with E-state index in [4.69, 9.17) is 11.6 Å². The molecule has 104 valence electrons. The van der Waals surface area contributed by atoms with Crippen molar-refractivity contribution in [3.63, 3.8) is 0 Å². The minimum Gasteiger partial charge on any atom is -0.373 e. The van der Waals surface area contributed by atoms with Gasteiger partial charge in [-0.15, -0.1) is 0 Å². The first-order chi connectivity index (χ1) is 9.02. The van der Waals surface area contributed by atoms with Gasteiger partial charge < -0.3 is 10.2 Å². The first-order valence-electron chi connectivity index (χ1n) is 6.66. The highest BCUT2D eigenvalue weighted by atomic mass is 35.5. The Morgan fingerprint density at radius 1 is 1.53 bits per heavy atom. The maximum atomic E-state index is 12.5. The van der Waals surface area contributed by atoms with Gasteiger partial charge in [0.1, 0.15) is 11.5 Å². The van der Waals surface area contributed by atoms with Crippen LogP contribution in [0.5, 0.6) is 0 Å². The zero-order chi connectivity index (χ0) is 14.0. The fourth-order valence-corrected chi connectivity index (χ4v) is 2.58. The Morgan fingerprint density at radius 3 is 2.84 bits per heavy atom. The number of anilines is 1. The van der Waals surface area contributed by atoms with Gasteiger partial charge in [0, 0.05) is 20.1 Å². The second kappa shape index (κ2) is 5.78. The average Bonchev–Trinajstić information content (AvgIpc) is 2.88. The topological polar surface area (TPSA) is 45.2 Å². The zero-order valence-electron chi connectivity index (χ0n) is 11.6. The van der Waals surface area contributed by atoms with E-state index in [1.807, 2.05) is 4.90 Å². The van der Waals surface area contributed by atoms with Gasteiger partial charge in [0.15, 0.2) is 0 Å². The highest BCUT2D eigenvalue weighted by molar-refractivity contribution is 6.33. The number of carbonyl (C=O) groups excluding carboxylic acids is 1. The number of likely N-dealkylation sites (tertiary alicyclic amines) is 1. The summed E-state index contributed by atoms with van der Waals surface area (Å²) in [4.78, 5) is 18.6. The van der Waals surface area contributed by atoms with Crippen LogP contribution in [0.1, 0.15) is 30.8 Å². The maximum absolute atomic E-state index is 12.5. The van der Waals surface area contributed by atoms with E-state index in [0.717, 1.165) is 19.5 Å². The minimum absolute atomic E-state index is 0.0646. The van der Waals surface area contributed by atoms with Crippen LogP contribution in [0.4, 0.5) is 5.82 Å². The molecule has 1 atom stereocenters. The first-order valence-corrected chi connectivity index (χ1v) is 7.04. The average molecular weight is 282 g/mol. The molecule has 1 unspecified atom stereocenters. The molecule has 1 N–H and O–H groups in total. The van der Waals surface area contributed by atoms with E-state index >= 15 is 0 Å². The molecule has 1 aliphatic heterocycles. The van der Waals surface area contributed by atoms with Gasteiger partial charge in [0.25, 0.3) is 5.91 Å². The molecular formula is C14H20ClN3O. The second-order valence-corrected chi connectivity index (χ2v) is 5.73. The van der Waals surface area contributed by atoms with Crippen LogP contribution in [0, 0.1) is 11.8 Å². The summed E-state index contributed by atoms with van der Waals surface area (Å²) in [6.07, 6.45) is 1.06. The van der Waals surface area contributed by atoms with E-state index in [0.29, 0.717) is 28.4 Å². The lowest BCUT2D eigenvalue weighted by atomic mass is 9.95. The van der Waals surface area contributed by atoms with E-state index in [1.54, 1.807) is 19.2 Å². The summed E-state index contributed by atoms with van der Waals surface area (Å²) in [5.41, 5.74) is 0.345. The molecule has 19 heavy (non-hydrogen) atoms. The highest BCUT2D eigenvalue weighted by Crippen LogP contribution is 2.26. The quantitative estimate of drug-likeness (QED) is 0.927. The van der Waals surface area contributed by atoms with Gasteiger partial charge in [-0.25, -0.2) is 4.98 Å². The Labute approximate surface area is 119 Å². The zero-order valence-corrected chi connectivity index (χ0v) is 12.4. The van der Waals surface area contributed by atoms with E-state index in [1.165, 1.54) is 0 Å². The van der Waals surface area contributed by atoms with Crippen LogP contribution < -0.4 is 5.32 Å². The smallest absolute Gasteiger partial charge is 0.274 e. The number of aromatic nitrogens is 1. The number of pyridine rings is 1. The van der Waals surface area contributed by atoms with Crippen molar-refractivity contribution in [2.75, 3.05) is 25.5 Å². The third-order valence-corrected chi connectivity index (χ3v) is 4.06. The number of hydrogen-bond acceptors (Lipinski definition) is 3. The minimum atomic E-state index is -0.0646. The molecule has 2 rings (SSSR count). The van der Waals surface area contributed by atoms with Crippen LogP contribution in [-0.2, 0) is 0 Å². The van der Waals surface area contributed by atoms with E-state index in [2.05, 4.69) is 24.1 Å². The molecule has 1 saturated heterocycles. The Bertz CT molecular complexity index is 476. The SMILES string of the molecule is CNc1ccc(Cl)c(C(=O)N2CCC(C(C)C)C2)n1. The van der Waals surface area contributed by atoms with Gasteiger partial charge in [-0.3, -0.25) is 4.79 Å². The molecule has 1 amide bonds. The van der Waals surface area contributed by atoms with Crippen LogP contribution in [0.25, 0.3) is 0 Å². The Kier molecular flexibility index (Phi) is 4.30. The van der Waals surface area contributed by atoms with E-state index in [-0.39, 0.29) is 5.91 Å². The predicted molar refractivity (Wildman–Crippen MR) is 77.6 cm³/mol. The van der Waals surface area contributed by atoms with Gasteiger partial charge in [-0.05, 0) is 30.4 Å². The molecule has 1 aromatic heterocycles. The summed E-state index contributed by atoms with van der Waals surface area (Å²) in [6, 6.07) is 3.48. The maximum Gasteiger partial charge on any atom is 0.274 e. The first kappa shape index (κ1) is 14.1. The van der Waals surface area contributed by atoms with Crippen LogP contribution in [0.15, 0.2) is 12.1 Å². The lowest BCUT2D eigenvalue weighted by Gasteiger charge is -2.18. The monoisotopic (exact) mass is 281 g/mol. The molecule has 1 aliphatic rings. The number of nitrogens with one attached hydrogen (secondary N) is 1. The molecule has 0 spiro atoms. The van der Waals surface area contributed by atoms with Crippen LogP contribution in [-0.4, -0.2) is 35.9 Å². The number of hydrogen-bond donors (Lipinski definition) is 1. The van der Waals surface area contributed by atoms with Crippen molar-refractivity contribution >= 4 is 23.3 Å². The molecule has 0 saturated carbocycles. The van der Waals surface area contributed by atoms with Crippen molar-refractivity contribution < 1.29 is 4.79 Å². The highest BCUT2D eigenvalue weighted by Gasteiger charge is 2.30. The Morgan fingerprint density at radius 2 is 2.26 bits per heavy atom. The molecule has 0 radical (unpaired) electrons. The van der Waals surface area contributed by atoms with Crippen molar-refractivity contribution in [2.45, 2.75) is 20.3 Å². The third kappa shape index (κ3) is 3.00. The standard InChI is InChI=1S/C14H20ClN3O/c1-9(2)10-6-7-18(8-10)14(19)13-11(15)4-5-12(16-3)17-13/h4-5,9-10H,6-8H2,1-3H3,(H,16,17). The molecular weight excluding hydrogens is 262 g/mol. The summed E-state index contributed by atoms with van der Waals surface area (Å²) in [6.45, 7) is 6.00. The summed E-state index contributed by atoms with van der Waals surface area (Å²) < 4.78 is 0. The second-order valence-electron chi connectivity index (χ2n) is 5.32. The molecule has 2 heterocycles. The summed E-state index contributed by atoms with van der Waals surface area (Å²) >= 11 is 6.09. The predicted octanol–water partition coefficient (Wildman–Crippen LogP) is 2.89. The molecule has 0 bridgehead atoms. The summed E-state index contributed by atoms with van der Waals surface area (Å²) in [5, 5.41) is 3.34. The number of carbonyl (C=O) groups is 1. The van der Waals surface area contributed by atoms with Gasteiger partial charge in [0.05, 0.1) is 5.02 Å². The lowest BCUT2D eigenvalue weighted by Crippen LogP contribution is -2.30. The normalized spacial score (nSPS) is 19.0. The molecule has 0 aromatic carbocycles. The van der Waals surface area contributed by atoms with Gasteiger partial charge >= 0.3 is 0 Å². The van der Waals surface area contributed by atoms with Crippen molar-refractivity contribution in [3.8, 4) is 0 Å². The number of rotatable bonds is 3. The van der Waals surface area contributed by atoms with Crippen LogP contribution >= 0.6 is 11.6 Å². The van der Waals surface area contributed by atoms with Crippen molar-refractivity contribution in [1.29, 1.82) is 0 Å². The van der Waals surface area contributed by atoms with Crippen LogP contribution in [0.3, 0.4) is 0 Å². The molecule has 1 fully saturated rings. The molecule has 1 aromatic rings. The van der Waals surface area contributed by atoms with Gasteiger partial charge in [0.2, 0.25) is 0 Å². The third-order valence-electron chi connectivity index (χ3n) is 3.76. The molecule has 0 aliphatic carbocycles. The molecule has 5 heteroatoms. The van der Waals surface area contributed by atoms with Crippen molar-refractivity contribution in [2.24, 2.45) is 11.8 Å². The van der Waals surface area contributed by atoms with Crippen LogP contribution in [0.2, 0.25) is 5.02 Å². The van der Waals surface area contributed by atoms with E-state index < -0.39 is 0 Å². The lowest BCUT2D eigenvalue weighted by molar-refractivity contribution is 0.0778. The van der Waals surface area contributed by atoms with Gasteiger partial charge in [-0.1, -0.05) is 25.4 Å². The fourth-order valence-electron chi connectivity index (χ4n) is 2.40. The molecule has 4 nitrogen and oxygen atoms in total. The van der Waals surface area contributed by atoms with E-state index in [9.17, 15) is 4.79 Å². The Balaban J connectivity index is 2.16. The largest absolute Gasteiger partial charge is 0.373 e. The van der Waals surface area contributed by atoms with Gasteiger partial charge in [-0.2, -0.15) is 0 Å². The number of nitrogens with zero attached hydrogens (tertiary/aromatic N) is 2. The summed E-state index contributed by atoms with van der Waals surface area (Å²) in [7, 11) is 1.77. The Hall–Kier alpha value is -1.29. The fraction of sp³-hybridized carbons (Fsp3) is 0.571.